The largest absolute Gasteiger partial charge is 0.506 e. The van der Waals surface area contributed by atoms with Gasteiger partial charge >= 0.3 is 0 Å². The Labute approximate surface area is 149 Å². The van der Waals surface area contributed by atoms with Gasteiger partial charge in [0.15, 0.2) is 0 Å². The van der Waals surface area contributed by atoms with Crippen molar-refractivity contribution in [3.05, 3.63) is 59.7 Å². The molecule has 0 fully saturated rings. The summed E-state index contributed by atoms with van der Waals surface area (Å²) in [6.45, 7) is 1.84. The minimum atomic E-state index is -4.43. The highest BCUT2D eigenvalue weighted by Crippen LogP contribution is 2.34. The number of aryl methyl sites for hydroxylation is 1. The zero-order valence-electron chi connectivity index (χ0n) is 13.7. The number of anilines is 2. The first-order valence-electron chi connectivity index (χ1n) is 7.57. The van der Waals surface area contributed by atoms with Crippen molar-refractivity contribution < 1.29 is 22.9 Å². The molecule has 7 nitrogen and oxygen atoms in total. The highest BCUT2D eigenvalue weighted by Gasteiger charge is 2.17. The van der Waals surface area contributed by atoms with Crippen molar-refractivity contribution in [1.29, 1.82) is 0 Å². The average molecular weight is 372 g/mol. The van der Waals surface area contributed by atoms with Gasteiger partial charge in [0.05, 0.1) is 16.1 Å². The number of hydrogen-bond donors (Lipinski definition) is 4. The van der Waals surface area contributed by atoms with E-state index in [1.54, 1.807) is 24.3 Å². The molecule has 0 bridgehead atoms. The van der Waals surface area contributed by atoms with Gasteiger partial charge in [0.2, 0.25) is 0 Å². The van der Waals surface area contributed by atoms with Crippen LogP contribution in [0.5, 0.6) is 5.75 Å². The van der Waals surface area contributed by atoms with Gasteiger partial charge in [0, 0.05) is 11.1 Å². The quantitative estimate of drug-likeness (QED) is 0.318. The summed E-state index contributed by atoms with van der Waals surface area (Å²) in [5, 5.41) is 13.6. The number of nitrogen functional groups attached to an aromatic ring is 1. The van der Waals surface area contributed by atoms with Gasteiger partial charge in [-0.2, -0.15) is 8.42 Å². The molecule has 3 rings (SSSR count). The minimum Gasteiger partial charge on any atom is -0.506 e. The summed E-state index contributed by atoms with van der Waals surface area (Å²) in [4.78, 5) is 12.2. The fourth-order valence-electron chi connectivity index (χ4n) is 2.65. The van der Waals surface area contributed by atoms with E-state index in [0.29, 0.717) is 5.39 Å². The maximum atomic E-state index is 12.6. The van der Waals surface area contributed by atoms with E-state index in [0.717, 1.165) is 5.56 Å². The molecule has 8 heteroatoms. The van der Waals surface area contributed by atoms with Crippen LogP contribution in [-0.4, -0.2) is 24.0 Å². The molecule has 0 spiro atoms. The Balaban J connectivity index is 2.11. The molecule has 134 valence electrons. The predicted molar refractivity (Wildman–Crippen MR) is 99.0 cm³/mol. The number of amides is 1. The summed E-state index contributed by atoms with van der Waals surface area (Å²) in [6, 6.07) is 11.8. The first-order chi connectivity index (χ1) is 12.2. The molecule has 26 heavy (non-hydrogen) atoms. The number of aromatic hydroxyl groups is 1. The van der Waals surface area contributed by atoms with E-state index in [4.69, 9.17) is 5.73 Å². The number of carbonyl (C=O) groups is 1. The lowest BCUT2D eigenvalue weighted by Crippen LogP contribution is -2.14. The van der Waals surface area contributed by atoms with E-state index in [2.05, 4.69) is 5.32 Å². The second-order valence-corrected chi connectivity index (χ2v) is 7.28. The molecular weight excluding hydrogens is 356 g/mol. The van der Waals surface area contributed by atoms with Gasteiger partial charge in [-0.15, -0.1) is 0 Å². The van der Waals surface area contributed by atoms with Crippen LogP contribution in [0.15, 0.2) is 53.4 Å². The van der Waals surface area contributed by atoms with Gasteiger partial charge in [-0.3, -0.25) is 9.35 Å². The molecule has 0 saturated carbocycles. The molecule has 5 N–H and O–H groups in total. The third kappa shape index (κ3) is 3.32. The van der Waals surface area contributed by atoms with Gasteiger partial charge in [0.1, 0.15) is 5.75 Å². The van der Waals surface area contributed by atoms with Gasteiger partial charge in [-0.05, 0) is 48.2 Å². The van der Waals surface area contributed by atoms with Crippen LogP contribution in [-0.2, 0) is 10.1 Å². The average Bonchev–Trinajstić information content (AvgIpc) is 2.56. The lowest BCUT2D eigenvalue weighted by atomic mass is 10.1. The number of phenols is 1. The second kappa shape index (κ2) is 6.32. The van der Waals surface area contributed by atoms with Crippen LogP contribution in [0.1, 0.15) is 15.9 Å². The number of hydrogen-bond acceptors (Lipinski definition) is 5. The van der Waals surface area contributed by atoms with Crippen molar-refractivity contribution >= 4 is 38.2 Å². The molecule has 0 saturated heterocycles. The van der Waals surface area contributed by atoms with Gasteiger partial charge in [-0.1, -0.05) is 18.2 Å². The number of nitrogens with two attached hydrogens (primary N) is 1. The predicted octanol–water partition coefficient (Wildman–Crippen LogP) is 2.94. The Morgan fingerprint density at radius 2 is 1.77 bits per heavy atom. The molecule has 0 heterocycles. The van der Waals surface area contributed by atoms with Crippen LogP contribution in [0.25, 0.3) is 10.8 Å². The topological polar surface area (TPSA) is 130 Å². The molecule has 3 aromatic rings. The first kappa shape index (κ1) is 17.7. The normalized spacial score (nSPS) is 11.5. The van der Waals surface area contributed by atoms with E-state index in [1.165, 1.54) is 24.3 Å². The van der Waals surface area contributed by atoms with Crippen molar-refractivity contribution in [3.8, 4) is 5.75 Å². The van der Waals surface area contributed by atoms with Gasteiger partial charge < -0.3 is 16.2 Å². The van der Waals surface area contributed by atoms with E-state index < -0.39 is 16.0 Å². The molecule has 0 unspecified atom stereocenters. The number of nitrogens with one attached hydrogen (secondary N) is 1. The van der Waals surface area contributed by atoms with Gasteiger partial charge in [0.25, 0.3) is 16.0 Å². The Morgan fingerprint density at radius 1 is 1.08 bits per heavy atom. The first-order valence-corrected chi connectivity index (χ1v) is 9.01. The van der Waals surface area contributed by atoms with E-state index in [-0.39, 0.29) is 33.0 Å². The van der Waals surface area contributed by atoms with Crippen LogP contribution in [0.2, 0.25) is 0 Å². The van der Waals surface area contributed by atoms with Crippen LogP contribution in [0, 0.1) is 6.92 Å². The lowest BCUT2D eigenvalue weighted by molar-refractivity contribution is 0.102. The molecule has 0 radical (unpaired) electrons. The van der Waals surface area contributed by atoms with Crippen LogP contribution >= 0.6 is 0 Å². The minimum absolute atomic E-state index is 0.0259. The zero-order chi connectivity index (χ0) is 19.1. The molecule has 3 aromatic carbocycles. The van der Waals surface area contributed by atoms with Crippen LogP contribution in [0.3, 0.4) is 0 Å². The van der Waals surface area contributed by atoms with E-state index in [9.17, 15) is 22.9 Å². The SMILES string of the molecule is Cc1ccc(C(=O)Nc2c(O)ccc3ccc(S(=O)(=O)O)cc23)c(N)c1. The number of benzene rings is 3. The van der Waals surface area contributed by atoms with Crippen molar-refractivity contribution in [1.82, 2.24) is 0 Å². The monoisotopic (exact) mass is 372 g/mol. The maximum absolute atomic E-state index is 12.6. The lowest BCUT2D eigenvalue weighted by Gasteiger charge is -2.13. The third-order valence-electron chi connectivity index (χ3n) is 3.96. The zero-order valence-corrected chi connectivity index (χ0v) is 14.5. The third-order valence-corrected chi connectivity index (χ3v) is 4.81. The molecule has 0 aromatic heterocycles. The highest BCUT2D eigenvalue weighted by atomic mass is 32.2. The summed E-state index contributed by atoms with van der Waals surface area (Å²) >= 11 is 0. The second-order valence-electron chi connectivity index (χ2n) is 5.86. The summed E-state index contributed by atoms with van der Waals surface area (Å²) in [7, 11) is -4.43. The molecular formula is C18H16N2O5S. The molecule has 0 atom stereocenters. The number of phenolic OH excluding ortho intramolecular Hbond substituents is 1. The summed E-state index contributed by atoms with van der Waals surface area (Å²) in [5.74, 6) is -0.799. The molecule has 0 aliphatic rings. The van der Waals surface area contributed by atoms with Gasteiger partial charge in [-0.25, -0.2) is 0 Å². The Bertz CT molecular complexity index is 1140. The molecule has 0 aliphatic carbocycles. The molecule has 0 aliphatic heterocycles. The summed E-state index contributed by atoms with van der Waals surface area (Å²) in [6.07, 6.45) is 0. The van der Waals surface area contributed by atoms with Crippen LogP contribution < -0.4 is 11.1 Å². The van der Waals surface area contributed by atoms with Crippen molar-refractivity contribution in [3.63, 3.8) is 0 Å². The Morgan fingerprint density at radius 3 is 2.42 bits per heavy atom. The fraction of sp³-hybridized carbons (Fsp3) is 0.0556. The van der Waals surface area contributed by atoms with Crippen molar-refractivity contribution in [2.24, 2.45) is 0 Å². The van der Waals surface area contributed by atoms with Crippen LogP contribution in [0.4, 0.5) is 11.4 Å². The number of carbonyl (C=O) groups excluding carboxylic acids is 1. The summed E-state index contributed by atoms with van der Waals surface area (Å²) < 4.78 is 32.0. The Hall–Kier alpha value is -3.10. The standard InChI is InChI=1S/C18H16N2O5S/c1-10-2-6-13(15(19)8-10)18(22)20-17-14-9-12(26(23,24)25)5-3-11(14)4-7-16(17)21/h2-9,21H,19H2,1H3,(H,20,22)(H,23,24,25). The van der Waals surface area contributed by atoms with E-state index >= 15 is 0 Å². The van der Waals surface area contributed by atoms with Crippen molar-refractivity contribution in [2.45, 2.75) is 11.8 Å². The van der Waals surface area contributed by atoms with E-state index in [1.807, 2.05) is 6.92 Å². The highest BCUT2D eigenvalue weighted by molar-refractivity contribution is 7.85. The maximum Gasteiger partial charge on any atom is 0.294 e. The Kier molecular flexibility index (Phi) is 4.31. The fourth-order valence-corrected chi connectivity index (χ4v) is 3.16. The van der Waals surface area contributed by atoms with Crippen molar-refractivity contribution in [2.75, 3.05) is 11.1 Å². The molecule has 1 amide bonds. The number of fused-ring (bicyclic) bond motifs is 1. The smallest absolute Gasteiger partial charge is 0.294 e. The number of rotatable bonds is 3. The summed E-state index contributed by atoms with van der Waals surface area (Å²) in [5.41, 5.74) is 7.29.